The fourth-order valence-electron chi connectivity index (χ4n) is 13.1. The van der Waals surface area contributed by atoms with E-state index in [-0.39, 0.29) is 63.3 Å². The molecule has 4 aromatic carbocycles. The van der Waals surface area contributed by atoms with Crippen molar-refractivity contribution < 1.29 is 32.0 Å². The highest BCUT2D eigenvalue weighted by atomic mass is 32.2. The number of aromatic amines is 1. The third-order valence-electron chi connectivity index (χ3n) is 17.4. The molecule has 0 bridgehead atoms. The van der Waals surface area contributed by atoms with Gasteiger partial charge in [0.15, 0.2) is 11.4 Å². The van der Waals surface area contributed by atoms with Crippen molar-refractivity contribution in [2.24, 2.45) is 22.7 Å². The van der Waals surface area contributed by atoms with Gasteiger partial charge in [0.25, 0.3) is 21.6 Å². The van der Waals surface area contributed by atoms with Gasteiger partial charge >= 0.3 is 0 Å². The van der Waals surface area contributed by atoms with E-state index in [4.69, 9.17) is 9.47 Å². The Bertz CT molecular complexity index is 3210. The van der Waals surface area contributed by atoms with E-state index in [1.165, 1.54) is 66.5 Å². The van der Waals surface area contributed by atoms with E-state index in [2.05, 4.69) is 112 Å². The predicted octanol–water partition coefficient (Wildman–Crippen LogP) is 12.1. The lowest BCUT2D eigenvalue weighted by atomic mass is 9.66. The first-order chi connectivity index (χ1) is 36.0. The molecule has 3 aliphatic heterocycles. The third kappa shape index (κ3) is 10.4. The van der Waals surface area contributed by atoms with E-state index >= 15 is 0 Å². The second-order valence-electron chi connectivity index (χ2n) is 23.3. The summed E-state index contributed by atoms with van der Waals surface area (Å²) < 4.78 is 57.5. The zero-order valence-electron chi connectivity index (χ0n) is 43.3. The Balaban J connectivity index is 0.803. The highest BCUT2D eigenvalue weighted by Crippen LogP contribution is 2.50. The molecule has 5 heterocycles. The van der Waals surface area contributed by atoms with E-state index in [0.717, 1.165) is 82.9 Å². The molecule has 16 heteroatoms. The molecule has 1 unspecified atom stereocenters. The van der Waals surface area contributed by atoms with E-state index in [1.54, 1.807) is 12.1 Å². The van der Waals surface area contributed by atoms with Crippen molar-refractivity contribution in [3.8, 4) is 17.2 Å². The zero-order valence-corrected chi connectivity index (χ0v) is 44.1. The minimum Gasteiger partial charge on any atom is -0.489 e. The number of fused-ring (bicyclic) bond motifs is 2. The van der Waals surface area contributed by atoms with Crippen LogP contribution >= 0.6 is 0 Å². The quantitative estimate of drug-likeness (QED) is 0.0742. The molecule has 2 saturated carbocycles. The number of halogens is 1. The topological polar surface area (TPSA) is 172 Å². The first kappa shape index (κ1) is 50.6. The first-order valence-electron chi connectivity index (χ1n) is 26.9. The molecule has 6 aromatic rings. The van der Waals surface area contributed by atoms with Crippen molar-refractivity contribution in [1.82, 2.24) is 19.6 Å². The monoisotopic (exact) mass is 1040 g/mol. The molecule has 14 nitrogen and oxygen atoms in total. The number of amides is 1. The van der Waals surface area contributed by atoms with Crippen LogP contribution in [0, 0.1) is 38.6 Å². The Kier molecular flexibility index (Phi) is 13.6. The number of piperidine rings is 1. The van der Waals surface area contributed by atoms with Gasteiger partial charge in [0.1, 0.15) is 29.6 Å². The maximum absolute atomic E-state index is 14.8. The lowest BCUT2D eigenvalue weighted by molar-refractivity contribution is -0.384. The molecule has 3 N–H and O–H groups in total. The fourth-order valence-corrected chi connectivity index (χ4v) is 14.1. The number of hydrogen-bond acceptors (Lipinski definition) is 11. The van der Waals surface area contributed by atoms with Crippen LogP contribution in [0.1, 0.15) is 124 Å². The smallest absolute Gasteiger partial charge is 0.297 e. The van der Waals surface area contributed by atoms with Gasteiger partial charge in [0.2, 0.25) is 0 Å². The van der Waals surface area contributed by atoms with E-state index in [9.17, 15) is 27.7 Å². The van der Waals surface area contributed by atoms with Crippen molar-refractivity contribution in [1.29, 1.82) is 0 Å². The lowest BCUT2D eigenvalue weighted by Gasteiger charge is -2.59. The van der Waals surface area contributed by atoms with Gasteiger partial charge in [-0.2, -0.15) is 0 Å². The van der Waals surface area contributed by atoms with Gasteiger partial charge in [-0.25, -0.2) is 22.5 Å². The number of anilines is 2. The number of nitrogens with zero attached hydrogens (tertiary/aromatic N) is 4. The van der Waals surface area contributed by atoms with Gasteiger partial charge in [0.05, 0.1) is 33.0 Å². The molecular formula is C59H68FN7O7S. The predicted molar refractivity (Wildman–Crippen MR) is 289 cm³/mol. The maximum atomic E-state index is 14.8. The number of H-pyrrole nitrogens is 1. The summed E-state index contributed by atoms with van der Waals surface area (Å²) in [6.45, 7) is 13.0. The highest BCUT2D eigenvalue weighted by molar-refractivity contribution is 7.90. The summed E-state index contributed by atoms with van der Waals surface area (Å²) in [5.74, 6) is 0.427. The molecule has 11 rings (SSSR count). The molecule has 4 atom stereocenters. The fraction of sp³-hybridized carbons (Fsp3) is 0.458. The molecule has 1 spiro atoms. The standard InChI is InChI=1S/C59H68FN7O7S/c1-37(2)44-12-8-9-13-45(44)47-27-39(26-38-10-6-5-7-11-38)14-17-51(47)66-35-59(36-66)22-24-65(25-23-59)41-15-16-46(53(28-41)74-42-29-48-49(60)33-62-56(48)61-32-42)57(68)64-75(71,72)43-30-52(67(69)70)55-54(31-43)73-34-50(63-55)40-18-20-58(3,4)21-19-40/h5-13,15-16,28-33,37,39-40,47,50-51,63H,14,17-27,34-36H2,1-4H3,(H,61,62)(H,64,68)/t39?,47-,50+,51-/m0/s1. The number of sulfonamides is 1. The molecule has 1 amide bonds. The average Bonchev–Trinajstić information content (AvgIpc) is 3.78. The summed E-state index contributed by atoms with van der Waals surface area (Å²) in [6, 6.07) is 29.0. The van der Waals surface area contributed by atoms with Gasteiger partial charge in [-0.1, -0.05) is 82.3 Å². The number of pyridine rings is 1. The molecule has 394 valence electrons. The third-order valence-corrected chi connectivity index (χ3v) is 18.7. The summed E-state index contributed by atoms with van der Waals surface area (Å²) >= 11 is 0. The van der Waals surface area contributed by atoms with Crippen molar-refractivity contribution in [2.45, 2.75) is 121 Å². The van der Waals surface area contributed by atoms with Crippen molar-refractivity contribution >= 4 is 44.0 Å². The molecule has 0 radical (unpaired) electrons. The van der Waals surface area contributed by atoms with Crippen LogP contribution in [0.5, 0.6) is 17.2 Å². The molecular weight excluding hydrogens is 970 g/mol. The number of nitro benzene ring substituents is 1. The van der Waals surface area contributed by atoms with Crippen LogP contribution in [0.3, 0.4) is 0 Å². The number of nitrogens with one attached hydrogen (secondary N) is 3. The maximum Gasteiger partial charge on any atom is 0.297 e. The van der Waals surface area contributed by atoms with Crippen LogP contribution in [0.25, 0.3) is 11.0 Å². The summed E-state index contributed by atoms with van der Waals surface area (Å²) in [6.07, 6.45) is 13.2. The SMILES string of the molecule is CC(C)c1ccccc1[C@@H]1CC(Cc2ccccc2)CC[C@@H]1N1CC2(CCN(c3ccc(C(=O)NS(=O)(=O)c4cc5c(c([N+](=O)[O-])c4)N[C@@H](C4CCC(C)(C)CC4)CO5)c(Oc4cnc5[nH]cc(F)c5c4)c3)CC2)C1. The first-order valence-corrected chi connectivity index (χ1v) is 28.3. The number of carbonyl (C=O) groups excluding carboxylic acids is 1. The Hall–Kier alpha value is -6.52. The molecule has 2 saturated heterocycles. The number of likely N-dealkylation sites (tertiary alicyclic amines) is 1. The van der Waals surface area contributed by atoms with E-state index in [1.807, 2.05) is 0 Å². The molecule has 2 aromatic heterocycles. The highest BCUT2D eigenvalue weighted by Gasteiger charge is 2.50. The second-order valence-corrected chi connectivity index (χ2v) is 25.0. The minimum absolute atomic E-state index is 0.0221. The van der Waals surface area contributed by atoms with E-state index in [0.29, 0.717) is 29.4 Å². The largest absolute Gasteiger partial charge is 0.489 e. The summed E-state index contributed by atoms with van der Waals surface area (Å²) in [7, 11) is -4.70. The van der Waals surface area contributed by atoms with E-state index < -0.39 is 37.3 Å². The average molecular weight is 1040 g/mol. The van der Waals surface area contributed by atoms with Gasteiger partial charge in [0, 0.05) is 68.2 Å². The number of benzene rings is 4. The normalized spacial score (nSPS) is 22.7. The number of carbonyl (C=O) groups is 1. The van der Waals surface area contributed by atoms with Gasteiger partial charge in [-0.05, 0) is 128 Å². The number of rotatable bonds is 13. The molecule has 4 fully saturated rings. The Morgan fingerprint density at radius 1 is 0.960 bits per heavy atom. The number of ether oxygens (including phenoxy) is 2. The number of hydrogen-bond donors (Lipinski definition) is 3. The Labute approximate surface area is 439 Å². The van der Waals surface area contributed by atoms with Crippen molar-refractivity contribution in [3.63, 3.8) is 0 Å². The molecule has 2 aliphatic carbocycles. The zero-order chi connectivity index (χ0) is 52.2. The van der Waals surface area contributed by atoms with Crippen molar-refractivity contribution in [2.75, 3.05) is 43.0 Å². The van der Waals surface area contributed by atoms with Gasteiger partial charge in [-0.15, -0.1) is 0 Å². The second kappa shape index (κ2) is 20.2. The Morgan fingerprint density at radius 3 is 2.45 bits per heavy atom. The van der Waals surface area contributed by atoms with Crippen molar-refractivity contribution in [3.05, 3.63) is 142 Å². The minimum atomic E-state index is -4.70. The van der Waals surface area contributed by atoms with Crippen LogP contribution in [0.4, 0.5) is 21.5 Å². The molecule has 5 aliphatic rings. The van der Waals surface area contributed by atoms with Gasteiger partial charge < -0.3 is 24.7 Å². The summed E-state index contributed by atoms with van der Waals surface area (Å²) in [5, 5.41) is 16.0. The van der Waals surface area contributed by atoms with Crippen LogP contribution in [0.15, 0.2) is 108 Å². The number of nitro groups is 1. The molecule has 75 heavy (non-hydrogen) atoms. The summed E-state index contributed by atoms with van der Waals surface area (Å²) in [4.78, 5) is 37.7. The van der Waals surface area contributed by atoms with Gasteiger partial charge in [-0.3, -0.25) is 19.8 Å². The van der Waals surface area contributed by atoms with Crippen LogP contribution in [0.2, 0.25) is 0 Å². The Morgan fingerprint density at radius 2 is 1.71 bits per heavy atom. The lowest BCUT2D eigenvalue weighted by Crippen LogP contribution is -2.64. The van der Waals surface area contributed by atoms with Crippen LogP contribution in [-0.2, 0) is 16.4 Å². The van der Waals surface area contributed by atoms with Crippen LogP contribution in [-0.4, -0.2) is 79.0 Å². The summed E-state index contributed by atoms with van der Waals surface area (Å²) in [5.41, 5.74) is 5.44. The number of aromatic nitrogens is 2. The van der Waals surface area contributed by atoms with Crippen LogP contribution < -0.4 is 24.4 Å².